The molecule has 0 aliphatic carbocycles. The first-order valence-electron chi connectivity index (χ1n) is 29.8. The molecule has 86 heavy (non-hydrogen) atoms. The van der Waals surface area contributed by atoms with E-state index in [-0.39, 0.29) is 76.3 Å². The molecule has 1 fully saturated rings. The molecule has 464 valence electrons. The van der Waals surface area contributed by atoms with Gasteiger partial charge in [-0.05, 0) is 98.3 Å². The molecule has 0 bridgehead atoms. The summed E-state index contributed by atoms with van der Waals surface area (Å²) in [5.41, 5.74) is 15.8. The van der Waals surface area contributed by atoms with Gasteiger partial charge in [0.15, 0.2) is 0 Å². The number of nitrogens with one attached hydrogen (secondary N) is 10. The fraction of sp³-hybridized carbons (Fsp3) is 0.469. The Hall–Kier alpha value is -8.50. The summed E-state index contributed by atoms with van der Waals surface area (Å²) in [5, 5.41) is 27.5. The average molecular weight is 1190 g/mol. The molecule has 8 atom stereocenters. The second-order valence-electron chi connectivity index (χ2n) is 22.7. The van der Waals surface area contributed by atoms with Gasteiger partial charge in [-0.25, -0.2) is 0 Å². The number of benzene rings is 4. The number of carbonyl (C=O) groups is 10. The van der Waals surface area contributed by atoms with Crippen LogP contribution < -0.4 is 64.6 Å². The van der Waals surface area contributed by atoms with Crippen molar-refractivity contribution in [1.82, 2.24) is 53.2 Å². The van der Waals surface area contributed by atoms with Crippen molar-refractivity contribution in [2.24, 2.45) is 23.3 Å². The van der Waals surface area contributed by atoms with Crippen molar-refractivity contribution in [1.29, 1.82) is 0 Å². The van der Waals surface area contributed by atoms with Crippen molar-refractivity contribution < 1.29 is 47.9 Å². The molecule has 1 unspecified atom stereocenters. The van der Waals surface area contributed by atoms with Crippen molar-refractivity contribution in [3.8, 4) is 0 Å². The van der Waals surface area contributed by atoms with Crippen LogP contribution in [-0.2, 0) is 73.6 Å². The summed E-state index contributed by atoms with van der Waals surface area (Å²) < 4.78 is 0. The minimum Gasteiger partial charge on any atom is -0.355 e. The molecule has 0 saturated carbocycles. The van der Waals surface area contributed by atoms with Gasteiger partial charge in [-0.3, -0.25) is 47.9 Å². The number of carbonyl (C=O) groups excluding carboxylic acids is 10. The standard InChI is InChI=1S/C64H88N12O10/c1-41(2)33-51(75-63(85)53(37-45-25-13-7-14-26-45)73-57(79)47(65)35-43-21-9-5-10-22-43)61(83)71-49-29-17-19-31-67-56(78)40-70-60(82)50(30-18-20-32-68-55(77)39-69-59(49)81)72-62(84)52(34-42(3)4)76-64(86)54(38-46-27-15-8-16-28-46)74-58(80)48(66)36-44-23-11-6-12-24-44/h5-16,21-28,41-42,47-54H,17-20,29-40,65-66H2,1-4H3,(H,67,78)(H,68,77)(H,69,81)(H,70,82)(H,71,83)(H,72,84)(H,73,79)(H,74,80)(H,75,85)(H,76,86)/t47-,48?,49-,50-,51-,52-,53-,54-/m1/s1. The van der Waals surface area contributed by atoms with E-state index in [0.717, 1.165) is 22.3 Å². The highest BCUT2D eigenvalue weighted by molar-refractivity contribution is 5.97. The number of amides is 10. The Kier molecular flexibility index (Phi) is 28.9. The van der Waals surface area contributed by atoms with E-state index in [1.807, 2.05) is 125 Å². The highest BCUT2D eigenvalue weighted by Gasteiger charge is 2.34. The number of hydrogen-bond acceptors (Lipinski definition) is 12. The monoisotopic (exact) mass is 1180 g/mol. The first-order chi connectivity index (χ1) is 41.2. The number of nitrogens with two attached hydrogens (primary N) is 2. The van der Waals surface area contributed by atoms with Gasteiger partial charge in [-0.15, -0.1) is 0 Å². The normalized spacial score (nSPS) is 17.9. The predicted molar refractivity (Wildman–Crippen MR) is 327 cm³/mol. The molecule has 4 aromatic rings. The molecule has 1 heterocycles. The van der Waals surface area contributed by atoms with E-state index in [1.54, 1.807) is 24.3 Å². The fourth-order valence-corrected chi connectivity index (χ4v) is 9.74. The van der Waals surface area contributed by atoms with Crippen LogP contribution in [0, 0.1) is 11.8 Å². The quantitative estimate of drug-likeness (QED) is 0.0474. The van der Waals surface area contributed by atoms with Crippen molar-refractivity contribution in [3.63, 3.8) is 0 Å². The maximum atomic E-state index is 14.2. The Morgan fingerprint density at radius 2 is 0.709 bits per heavy atom. The Bertz CT molecular complexity index is 2640. The summed E-state index contributed by atoms with van der Waals surface area (Å²) in [5.74, 6) is -6.29. The van der Waals surface area contributed by atoms with Crippen LogP contribution in [0.2, 0.25) is 0 Å². The van der Waals surface area contributed by atoms with Crippen LogP contribution in [0.5, 0.6) is 0 Å². The third kappa shape index (κ3) is 25.0. The molecule has 1 saturated heterocycles. The van der Waals surface area contributed by atoms with E-state index in [0.29, 0.717) is 25.7 Å². The van der Waals surface area contributed by atoms with Gasteiger partial charge in [0.2, 0.25) is 59.1 Å². The van der Waals surface area contributed by atoms with E-state index in [1.165, 1.54) is 0 Å². The Labute approximate surface area is 504 Å². The van der Waals surface area contributed by atoms with Gasteiger partial charge in [0, 0.05) is 25.9 Å². The average Bonchev–Trinajstić information content (AvgIpc) is 3.70. The van der Waals surface area contributed by atoms with E-state index >= 15 is 0 Å². The number of hydrogen-bond donors (Lipinski definition) is 12. The van der Waals surface area contributed by atoms with Crippen LogP contribution in [0.3, 0.4) is 0 Å². The molecule has 0 radical (unpaired) electrons. The van der Waals surface area contributed by atoms with Crippen molar-refractivity contribution >= 4 is 59.1 Å². The zero-order chi connectivity index (χ0) is 62.4. The lowest BCUT2D eigenvalue weighted by Gasteiger charge is -2.27. The maximum Gasteiger partial charge on any atom is 0.243 e. The Morgan fingerprint density at radius 3 is 1.02 bits per heavy atom. The first kappa shape index (κ1) is 68.3. The fourth-order valence-electron chi connectivity index (χ4n) is 9.74. The molecule has 4 aromatic carbocycles. The molecule has 10 amide bonds. The summed E-state index contributed by atoms with van der Waals surface area (Å²) in [7, 11) is 0. The Morgan fingerprint density at radius 1 is 0.407 bits per heavy atom. The van der Waals surface area contributed by atoms with Gasteiger partial charge >= 0.3 is 0 Å². The maximum absolute atomic E-state index is 14.2. The molecule has 0 spiro atoms. The van der Waals surface area contributed by atoms with Gasteiger partial charge in [0.1, 0.15) is 36.3 Å². The van der Waals surface area contributed by atoms with Crippen LogP contribution in [0.25, 0.3) is 0 Å². The van der Waals surface area contributed by atoms with Gasteiger partial charge in [-0.2, -0.15) is 0 Å². The lowest BCUT2D eigenvalue weighted by molar-refractivity contribution is -0.134. The molecule has 22 heteroatoms. The van der Waals surface area contributed by atoms with E-state index in [4.69, 9.17) is 11.5 Å². The van der Waals surface area contributed by atoms with Gasteiger partial charge < -0.3 is 64.6 Å². The molecule has 0 aromatic heterocycles. The highest BCUT2D eigenvalue weighted by Crippen LogP contribution is 2.14. The van der Waals surface area contributed by atoms with Crippen LogP contribution in [0.4, 0.5) is 0 Å². The van der Waals surface area contributed by atoms with Crippen LogP contribution in [0.15, 0.2) is 121 Å². The molecule has 14 N–H and O–H groups in total. The molecular formula is C64H88N12O10. The second-order valence-corrected chi connectivity index (χ2v) is 22.7. The SMILES string of the molecule is CC(C)C[C@@H](NC(=O)[C@@H](Cc1ccccc1)NC(=O)C(N)Cc1ccccc1)C(=O)N[C@@H]1CCCCNC(=O)CNC(=O)[C@H](NC(=O)[C@@H](CC(C)C)NC(=O)[C@@H](Cc2ccccc2)NC(=O)[C@H](N)Cc2ccccc2)CCCCNC(=O)CNC1=O. The summed E-state index contributed by atoms with van der Waals surface area (Å²) in [6.45, 7) is 6.83. The van der Waals surface area contributed by atoms with E-state index in [2.05, 4.69) is 53.2 Å². The zero-order valence-corrected chi connectivity index (χ0v) is 49.9. The molecule has 1 aliphatic rings. The summed E-state index contributed by atoms with van der Waals surface area (Å²) in [6, 6.07) is 27.8. The minimum absolute atomic E-state index is 0.0744. The lowest BCUT2D eigenvalue weighted by atomic mass is 9.99. The molecule has 22 nitrogen and oxygen atoms in total. The molecule has 1 aliphatic heterocycles. The van der Waals surface area contributed by atoms with Crippen molar-refractivity contribution in [2.75, 3.05) is 26.2 Å². The Balaban J connectivity index is 1.21. The highest BCUT2D eigenvalue weighted by atomic mass is 16.2. The lowest BCUT2D eigenvalue weighted by Crippen LogP contribution is -2.58. The molecule has 5 rings (SSSR count). The van der Waals surface area contributed by atoms with Gasteiger partial charge in [-0.1, -0.05) is 149 Å². The third-order valence-corrected chi connectivity index (χ3v) is 14.4. The smallest absolute Gasteiger partial charge is 0.243 e. The first-order valence-corrected chi connectivity index (χ1v) is 29.8. The second kappa shape index (κ2) is 36.4. The van der Waals surface area contributed by atoms with Crippen molar-refractivity contribution in [3.05, 3.63) is 144 Å². The molecular weight excluding hydrogens is 1100 g/mol. The van der Waals surface area contributed by atoms with E-state index in [9.17, 15) is 47.9 Å². The van der Waals surface area contributed by atoms with Gasteiger partial charge in [0.25, 0.3) is 0 Å². The largest absolute Gasteiger partial charge is 0.355 e. The number of rotatable bonds is 24. The minimum atomic E-state index is -1.16. The topological polar surface area (TPSA) is 343 Å². The summed E-state index contributed by atoms with van der Waals surface area (Å²) in [4.78, 5) is 138. The summed E-state index contributed by atoms with van der Waals surface area (Å²) in [6.07, 6.45) is 2.40. The van der Waals surface area contributed by atoms with Crippen LogP contribution in [0.1, 0.15) is 101 Å². The predicted octanol–water partition coefficient (Wildman–Crippen LogP) is 1.43. The van der Waals surface area contributed by atoms with Crippen molar-refractivity contribution in [2.45, 2.75) is 153 Å². The van der Waals surface area contributed by atoms with Crippen LogP contribution >= 0.6 is 0 Å². The van der Waals surface area contributed by atoms with Gasteiger partial charge in [0.05, 0.1) is 25.2 Å². The third-order valence-electron chi connectivity index (χ3n) is 14.4. The van der Waals surface area contributed by atoms with E-state index < -0.39 is 120 Å². The zero-order valence-electron chi connectivity index (χ0n) is 49.9. The van der Waals surface area contributed by atoms with Crippen LogP contribution in [-0.4, -0.2) is 134 Å². The summed E-state index contributed by atoms with van der Waals surface area (Å²) >= 11 is 0.